The number of imide groups is 1. The molecule has 9 nitrogen and oxygen atoms in total. The van der Waals surface area contributed by atoms with Gasteiger partial charge in [-0.05, 0) is 66.8 Å². The van der Waals surface area contributed by atoms with Gasteiger partial charge in [-0.15, -0.1) is 0 Å². The number of nitrogens with zero attached hydrogens (tertiary/aromatic N) is 5. The number of carbonyl (C=O) groups is 3. The van der Waals surface area contributed by atoms with E-state index in [4.69, 9.17) is 0 Å². The minimum atomic E-state index is -1.20. The number of aromatic nitrogens is 2. The average molecular weight is 548 g/mol. The molecule has 3 amide bonds. The maximum Gasteiger partial charge on any atom is 0.354 e. The number of hydrogen-bond donors (Lipinski definition) is 1. The van der Waals surface area contributed by atoms with Crippen LogP contribution in [0.3, 0.4) is 0 Å². The Morgan fingerprint density at radius 2 is 1.59 bits per heavy atom. The maximum atomic E-state index is 14.3. The maximum absolute atomic E-state index is 14.3. The Morgan fingerprint density at radius 3 is 2.27 bits per heavy atom. The highest BCUT2D eigenvalue weighted by molar-refractivity contribution is 6.30. The summed E-state index contributed by atoms with van der Waals surface area (Å²) in [6, 6.07) is 25.1. The van der Waals surface area contributed by atoms with Crippen LogP contribution in [0.25, 0.3) is 11.1 Å². The van der Waals surface area contributed by atoms with Crippen LogP contribution in [0, 0.1) is 6.92 Å². The number of carbonyl (C=O) groups excluding carboxylic acids is 2. The Labute approximate surface area is 237 Å². The van der Waals surface area contributed by atoms with E-state index in [-0.39, 0.29) is 17.4 Å². The van der Waals surface area contributed by atoms with Gasteiger partial charge in [-0.1, -0.05) is 54.6 Å². The number of carboxylic acid groups (broad SMARTS) is 1. The van der Waals surface area contributed by atoms with Gasteiger partial charge in [-0.25, -0.2) is 19.5 Å². The number of aromatic carboxylic acids is 1. The van der Waals surface area contributed by atoms with E-state index in [9.17, 15) is 19.5 Å². The molecule has 0 unspecified atom stereocenters. The molecule has 41 heavy (non-hydrogen) atoms. The number of benzene rings is 2. The van der Waals surface area contributed by atoms with Crippen molar-refractivity contribution in [3.63, 3.8) is 0 Å². The average Bonchev–Trinajstić information content (AvgIpc) is 3.21. The molecule has 2 aromatic carbocycles. The molecule has 0 atom stereocenters. The number of hydrogen-bond acceptors (Lipinski definition) is 6. The number of aryl methyl sites for hydroxylation is 1. The highest BCUT2D eigenvalue weighted by atomic mass is 16.4. The molecule has 2 saturated heterocycles. The third-order valence-electron chi connectivity index (χ3n) is 8.00. The second kappa shape index (κ2) is 10.6. The van der Waals surface area contributed by atoms with E-state index in [0.29, 0.717) is 38.2 Å². The summed E-state index contributed by atoms with van der Waals surface area (Å²) in [5.41, 5.74) is 3.16. The fourth-order valence-corrected chi connectivity index (χ4v) is 5.73. The Morgan fingerprint density at radius 1 is 0.878 bits per heavy atom. The zero-order chi connectivity index (χ0) is 28.6. The lowest BCUT2D eigenvalue weighted by atomic mass is 9.85. The van der Waals surface area contributed by atoms with Crippen LogP contribution in [0.1, 0.15) is 34.6 Å². The quantitative estimate of drug-likeness (QED) is 0.332. The summed E-state index contributed by atoms with van der Waals surface area (Å²) in [4.78, 5) is 53.7. The van der Waals surface area contributed by atoms with Gasteiger partial charge < -0.3 is 5.11 Å². The van der Waals surface area contributed by atoms with E-state index in [0.717, 1.165) is 22.4 Å². The van der Waals surface area contributed by atoms with E-state index < -0.39 is 17.5 Å². The van der Waals surface area contributed by atoms with Crippen LogP contribution in [0.15, 0.2) is 91.1 Å². The molecular weight excluding hydrogens is 518 g/mol. The van der Waals surface area contributed by atoms with Crippen LogP contribution < -0.4 is 9.80 Å². The van der Waals surface area contributed by atoms with Crippen molar-refractivity contribution in [2.45, 2.75) is 31.8 Å². The molecule has 0 bridgehead atoms. The van der Waals surface area contributed by atoms with E-state index >= 15 is 0 Å². The molecule has 206 valence electrons. The van der Waals surface area contributed by atoms with Gasteiger partial charge >= 0.3 is 12.0 Å². The molecule has 6 rings (SSSR count). The first-order chi connectivity index (χ1) is 19.9. The molecule has 4 aromatic rings. The molecule has 2 aliphatic heterocycles. The number of carboxylic acids is 1. The van der Waals surface area contributed by atoms with Crippen molar-refractivity contribution >= 4 is 29.4 Å². The number of piperidine rings is 1. The first-order valence-electron chi connectivity index (χ1n) is 13.5. The van der Waals surface area contributed by atoms with Crippen LogP contribution in [-0.2, 0) is 11.3 Å². The molecule has 9 heteroatoms. The van der Waals surface area contributed by atoms with Gasteiger partial charge in [0.25, 0.3) is 5.91 Å². The minimum absolute atomic E-state index is 0.153. The normalized spacial score (nSPS) is 16.9. The SMILES string of the molecule is Cc1cccnc1CN1CCC2(CC1)C(=O)N(c1ccc(-c3ccccc3)cc1)C(=O)N2c1cccc(C(=O)O)n1. The van der Waals surface area contributed by atoms with Gasteiger partial charge in [-0.3, -0.25) is 19.6 Å². The lowest BCUT2D eigenvalue weighted by molar-refractivity contribution is -0.123. The predicted octanol–water partition coefficient (Wildman–Crippen LogP) is 5.16. The molecule has 0 saturated carbocycles. The summed E-state index contributed by atoms with van der Waals surface area (Å²) < 4.78 is 0. The number of rotatable bonds is 6. The van der Waals surface area contributed by atoms with E-state index in [2.05, 4.69) is 14.9 Å². The van der Waals surface area contributed by atoms with Gasteiger partial charge in [0, 0.05) is 25.8 Å². The summed E-state index contributed by atoms with van der Waals surface area (Å²) in [7, 11) is 0. The third kappa shape index (κ3) is 4.74. The molecule has 0 radical (unpaired) electrons. The zero-order valence-electron chi connectivity index (χ0n) is 22.6. The number of likely N-dealkylation sites (tertiary alicyclic amines) is 1. The van der Waals surface area contributed by atoms with Crippen molar-refractivity contribution in [3.8, 4) is 11.1 Å². The standard InChI is InChI=1S/C32H29N5O4/c1-22-7-6-18-33-27(22)21-35-19-16-32(17-20-35)30(40)36(25-14-12-24(13-15-25)23-8-3-2-4-9-23)31(41)37(32)28-11-5-10-26(34-28)29(38)39/h2-15,18H,16-17,19-21H2,1H3,(H,38,39). The second-order valence-electron chi connectivity index (χ2n) is 10.4. The molecular formula is C32H29N5O4. The summed E-state index contributed by atoms with van der Waals surface area (Å²) >= 11 is 0. The fourth-order valence-electron chi connectivity index (χ4n) is 5.73. The largest absolute Gasteiger partial charge is 0.477 e. The van der Waals surface area contributed by atoms with Crippen molar-refractivity contribution in [2.75, 3.05) is 22.9 Å². The van der Waals surface area contributed by atoms with Crippen LogP contribution in [0.4, 0.5) is 16.3 Å². The molecule has 4 heterocycles. The smallest absolute Gasteiger partial charge is 0.354 e. The Kier molecular flexibility index (Phi) is 6.80. The molecule has 2 fully saturated rings. The Hall–Kier alpha value is -4.89. The van der Waals surface area contributed by atoms with E-state index in [1.165, 1.54) is 15.9 Å². The first-order valence-corrected chi connectivity index (χ1v) is 13.5. The van der Waals surface area contributed by atoms with Crippen LogP contribution >= 0.6 is 0 Å². The van der Waals surface area contributed by atoms with Gasteiger partial charge in [0.2, 0.25) is 0 Å². The molecule has 1 spiro atoms. The van der Waals surface area contributed by atoms with Crippen molar-refractivity contribution in [1.29, 1.82) is 0 Å². The third-order valence-corrected chi connectivity index (χ3v) is 8.00. The predicted molar refractivity (Wildman–Crippen MR) is 155 cm³/mol. The van der Waals surface area contributed by atoms with Crippen molar-refractivity contribution in [3.05, 3.63) is 108 Å². The number of urea groups is 1. The van der Waals surface area contributed by atoms with Crippen molar-refractivity contribution in [2.24, 2.45) is 0 Å². The Bertz CT molecular complexity index is 1610. The molecule has 0 aliphatic carbocycles. The zero-order valence-corrected chi connectivity index (χ0v) is 22.6. The van der Waals surface area contributed by atoms with Crippen LogP contribution in [0.5, 0.6) is 0 Å². The minimum Gasteiger partial charge on any atom is -0.477 e. The van der Waals surface area contributed by atoms with Gasteiger partial charge in [-0.2, -0.15) is 0 Å². The summed E-state index contributed by atoms with van der Waals surface area (Å²) in [6.45, 7) is 3.79. The molecule has 2 aromatic heterocycles. The van der Waals surface area contributed by atoms with Gasteiger partial charge in [0.15, 0.2) is 5.69 Å². The topological polar surface area (TPSA) is 107 Å². The Balaban J connectivity index is 1.34. The highest BCUT2D eigenvalue weighted by Crippen LogP contribution is 2.42. The van der Waals surface area contributed by atoms with E-state index in [1.54, 1.807) is 30.5 Å². The number of anilines is 2. The lowest BCUT2D eigenvalue weighted by Gasteiger charge is -2.41. The molecule has 2 aliphatic rings. The first kappa shape index (κ1) is 26.3. The summed E-state index contributed by atoms with van der Waals surface area (Å²) in [5.74, 6) is -1.38. The fraction of sp³-hybridized carbons (Fsp3) is 0.219. The van der Waals surface area contributed by atoms with Gasteiger partial charge in [0.1, 0.15) is 11.4 Å². The molecule has 1 N–H and O–H groups in total. The second-order valence-corrected chi connectivity index (χ2v) is 10.4. The highest BCUT2D eigenvalue weighted by Gasteiger charge is 2.59. The summed E-state index contributed by atoms with van der Waals surface area (Å²) in [6.07, 6.45) is 2.53. The van der Waals surface area contributed by atoms with E-state index in [1.807, 2.05) is 61.5 Å². The number of amides is 3. The monoisotopic (exact) mass is 547 g/mol. The van der Waals surface area contributed by atoms with Crippen LogP contribution in [0.2, 0.25) is 0 Å². The van der Waals surface area contributed by atoms with Crippen molar-refractivity contribution < 1.29 is 19.5 Å². The van der Waals surface area contributed by atoms with Gasteiger partial charge in [0.05, 0.1) is 11.4 Å². The number of pyridine rings is 2. The van der Waals surface area contributed by atoms with Crippen molar-refractivity contribution in [1.82, 2.24) is 14.9 Å². The summed E-state index contributed by atoms with van der Waals surface area (Å²) in [5, 5.41) is 9.56. The van der Waals surface area contributed by atoms with Crippen LogP contribution in [-0.4, -0.2) is 56.5 Å². The lowest BCUT2D eigenvalue weighted by Crippen LogP contribution is -2.57.